The maximum Gasteiger partial charge on any atom is 0.222 e. The van der Waals surface area contributed by atoms with Crippen molar-refractivity contribution < 1.29 is 9.47 Å². The van der Waals surface area contributed by atoms with E-state index < -0.39 is 0 Å². The van der Waals surface area contributed by atoms with Gasteiger partial charge >= 0.3 is 0 Å². The molecule has 2 aromatic rings. The van der Waals surface area contributed by atoms with E-state index in [0.717, 1.165) is 11.3 Å². The Bertz CT molecular complexity index is 474. The first-order valence-electron chi connectivity index (χ1n) is 6.10. The summed E-state index contributed by atoms with van der Waals surface area (Å²) in [6, 6.07) is 9.62. The average Bonchev–Trinajstić information content (AvgIpc) is 2.49. The lowest BCUT2D eigenvalue weighted by Gasteiger charge is -2.06. The standard InChI is InChI=1S/C14H17N3O2/c1-18-13-5-3-12(4-6-13)11-19-10-9-17-14-15-7-2-8-16-14/h2-8H,9-11H2,1H3,(H,15,16,17). The largest absolute Gasteiger partial charge is 0.497 e. The summed E-state index contributed by atoms with van der Waals surface area (Å²) in [6.45, 7) is 1.87. The zero-order valence-corrected chi connectivity index (χ0v) is 10.9. The minimum Gasteiger partial charge on any atom is -0.497 e. The van der Waals surface area contributed by atoms with Gasteiger partial charge in [-0.05, 0) is 23.8 Å². The van der Waals surface area contributed by atoms with Gasteiger partial charge in [-0.2, -0.15) is 0 Å². The van der Waals surface area contributed by atoms with Crippen molar-refractivity contribution in [2.75, 3.05) is 25.6 Å². The first-order chi connectivity index (χ1) is 9.38. The van der Waals surface area contributed by atoms with Crippen molar-refractivity contribution in [2.45, 2.75) is 6.61 Å². The molecule has 0 aliphatic heterocycles. The molecule has 0 fully saturated rings. The molecule has 0 radical (unpaired) electrons. The molecule has 1 aromatic carbocycles. The molecule has 0 unspecified atom stereocenters. The Balaban J connectivity index is 1.63. The second-order valence-corrected chi connectivity index (χ2v) is 3.90. The van der Waals surface area contributed by atoms with Crippen LogP contribution >= 0.6 is 0 Å². The maximum atomic E-state index is 5.56. The molecule has 0 aliphatic rings. The summed E-state index contributed by atoms with van der Waals surface area (Å²) in [5, 5.41) is 3.08. The fourth-order valence-electron chi connectivity index (χ4n) is 1.54. The molecule has 0 spiro atoms. The molecule has 0 bridgehead atoms. The molecule has 1 heterocycles. The number of nitrogens with one attached hydrogen (secondary N) is 1. The molecule has 19 heavy (non-hydrogen) atoms. The van der Waals surface area contributed by atoms with Gasteiger partial charge in [0.05, 0.1) is 20.3 Å². The molecule has 1 aromatic heterocycles. The predicted molar refractivity (Wildman–Crippen MR) is 73.2 cm³/mol. The number of anilines is 1. The monoisotopic (exact) mass is 259 g/mol. The van der Waals surface area contributed by atoms with Crippen LogP contribution in [-0.4, -0.2) is 30.2 Å². The lowest BCUT2D eigenvalue weighted by molar-refractivity contribution is 0.130. The first kappa shape index (κ1) is 13.3. The summed E-state index contributed by atoms with van der Waals surface area (Å²) < 4.78 is 10.7. The zero-order chi connectivity index (χ0) is 13.3. The fourth-order valence-corrected chi connectivity index (χ4v) is 1.54. The van der Waals surface area contributed by atoms with Crippen LogP contribution in [0.5, 0.6) is 5.75 Å². The second-order valence-electron chi connectivity index (χ2n) is 3.90. The zero-order valence-electron chi connectivity index (χ0n) is 10.9. The molecule has 2 rings (SSSR count). The smallest absolute Gasteiger partial charge is 0.222 e. The van der Waals surface area contributed by atoms with Gasteiger partial charge in [0.15, 0.2) is 0 Å². The predicted octanol–water partition coefficient (Wildman–Crippen LogP) is 2.11. The Labute approximate surface area is 112 Å². The van der Waals surface area contributed by atoms with Gasteiger partial charge in [-0.3, -0.25) is 0 Å². The number of hydrogen-bond acceptors (Lipinski definition) is 5. The molecule has 1 N–H and O–H groups in total. The number of rotatable bonds is 7. The number of benzene rings is 1. The van der Waals surface area contributed by atoms with E-state index >= 15 is 0 Å². The Morgan fingerprint density at radius 3 is 2.53 bits per heavy atom. The molecule has 0 atom stereocenters. The number of ether oxygens (including phenoxy) is 2. The van der Waals surface area contributed by atoms with E-state index in [-0.39, 0.29) is 0 Å². The number of nitrogens with zero attached hydrogens (tertiary/aromatic N) is 2. The van der Waals surface area contributed by atoms with Crippen LogP contribution in [-0.2, 0) is 11.3 Å². The van der Waals surface area contributed by atoms with Crippen LogP contribution < -0.4 is 10.1 Å². The van der Waals surface area contributed by atoms with Crippen LogP contribution in [0.25, 0.3) is 0 Å². The normalized spacial score (nSPS) is 10.2. The molecule has 100 valence electrons. The Kier molecular flexibility index (Phi) is 5.13. The van der Waals surface area contributed by atoms with E-state index in [1.165, 1.54) is 0 Å². The summed E-state index contributed by atoms with van der Waals surface area (Å²) in [6.07, 6.45) is 3.40. The van der Waals surface area contributed by atoms with Gasteiger partial charge in [-0.15, -0.1) is 0 Å². The fraction of sp³-hybridized carbons (Fsp3) is 0.286. The van der Waals surface area contributed by atoms with E-state index in [0.29, 0.717) is 25.7 Å². The third-order valence-electron chi connectivity index (χ3n) is 2.52. The lowest BCUT2D eigenvalue weighted by atomic mass is 10.2. The van der Waals surface area contributed by atoms with E-state index in [4.69, 9.17) is 9.47 Å². The van der Waals surface area contributed by atoms with Gasteiger partial charge < -0.3 is 14.8 Å². The first-order valence-corrected chi connectivity index (χ1v) is 6.10. The van der Waals surface area contributed by atoms with Crippen LogP contribution in [0, 0.1) is 0 Å². The van der Waals surface area contributed by atoms with Gasteiger partial charge in [0.2, 0.25) is 5.95 Å². The van der Waals surface area contributed by atoms with E-state index in [9.17, 15) is 0 Å². The highest BCUT2D eigenvalue weighted by Crippen LogP contribution is 2.11. The summed E-state index contributed by atoms with van der Waals surface area (Å²) in [5.74, 6) is 1.47. The maximum absolute atomic E-state index is 5.56. The molecular weight excluding hydrogens is 242 g/mol. The van der Waals surface area contributed by atoms with Crippen LogP contribution in [0.3, 0.4) is 0 Å². The molecule has 5 heteroatoms. The van der Waals surface area contributed by atoms with E-state index in [2.05, 4.69) is 15.3 Å². The highest BCUT2D eigenvalue weighted by molar-refractivity contribution is 5.26. The number of methoxy groups -OCH3 is 1. The van der Waals surface area contributed by atoms with E-state index in [1.807, 2.05) is 24.3 Å². The van der Waals surface area contributed by atoms with Crippen molar-refractivity contribution in [3.8, 4) is 5.75 Å². The summed E-state index contributed by atoms with van der Waals surface area (Å²) in [5.41, 5.74) is 1.12. The Morgan fingerprint density at radius 1 is 1.11 bits per heavy atom. The molecule has 5 nitrogen and oxygen atoms in total. The van der Waals surface area contributed by atoms with E-state index in [1.54, 1.807) is 25.6 Å². The minimum absolute atomic E-state index is 0.585. The van der Waals surface area contributed by atoms with Crippen molar-refractivity contribution in [1.29, 1.82) is 0 Å². The third kappa shape index (κ3) is 4.56. The van der Waals surface area contributed by atoms with Gasteiger partial charge in [0.1, 0.15) is 5.75 Å². The van der Waals surface area contributed by atoms with Crippen molar-refractivity contribution in [1.82, 2.24) is 9.97 Å². The van der Waals surface area contributed by atoms with Crippen molar-refractivity contribution in [3.05, 3.63) is 48.3 Å². The lowest BCUT2D eigenvalue weighted by Crippen LogP contribution is -2.11. The molecular formula is C14H17N3O2. The van der Waals surface area contributed by atoms with Crippen molar-refractivity contribution >= 4 is 5.95 Å². The van der Waals surface area contributed by atoms with Crippen LogP contribution in [0.2, 0.25) is 0 Å². The Hall–Kier alpha value is -2.14. The molecule has 0 saturated carbocycles. The van der Waals surface area contributed by atoms with Crippen molar-refractivity contribution in [3.63, 3.8) is 0 Å². The molecule has 0 aliphatic carbocycles. The SMILES string of the molecule is COc1ccc(COCCNc2ncccn2)cc1. The highest BCUT2D eigenvalue weighted by Gasteiger charge is 1.96. The van der Waals surface area contributed by atoms with Crippen LogP contribution in [0.4, 0.5) is 5.95 Å². The third-order valence-corrected chi connectivity index (χ3v) is 2.52. The average molecular weight is 259 g/mol. The quantitative estimate of drug-likeness (QED) is 0.772. The second kappa shape index (κ2) is 7.33. The topological polar surface area (TPSA) is 56.3 Å². The Morgan fingerprint density at radius 2 is 1.84 bits per heavy atom. The van der Waals surface area contributed by atoms with Crippen molar-refractivity contribution in [2.24, 2.45) is 0 Å². The molecule has 0 amide bonds. The van der Waals surface area contributed by atoms with Gasteiger partial charge in [-0.25, -0.2) is 9.97 Å². The van der Waals surface area contributed by atoms with Gasteiger partial charge in [0, 0.05) is 18.9 Å². The number of aromatic nitrogens is 2. The summed E-state index contributed by atoms with van der Waals surface area (Å²) in [4.78, 5) is 8.12. The van der Waals surface area contributed by atoms with Crippen LogP contribution in [0.1, 0.15) is 5.56 Å². The highest BCUT2D eigenvalue weighted by atomic mass is 16.5. The van der Waals surface area contributed by atoms with Gasteiger partial charge in [-0.1, -0.05) is 12.1 Å². The summed E-state index contributed by atoms with van der Waals surface area (Å²) in [7, 11) is 1.66. The minimum atomic E-state index is 0.585. The van der Waals surface area contributed by atoms with Crippen LogP contribution in [0.15, 0.2) is 42.7 Å². The van der Waals surface area contributed by atoms with Gasteiger partial charge in [0.25, 0.3) is 0 Å². The summed E-state index contributed by atoms with van der Waals surface area (Å²) >= 11 is 0. The molecule has 0 saturated heterocycles. The number of hydrogen-bond donors (Lipinski definition) is 1.